The number of benzene rings is 1. The molecule has 0 bridgehead atoms. The Kier molecular flexibility index (Phi) is 3.39. The Morgan fingerprint density at radius 1 is 1.19 bits per heavy atom. The number of furan rings is 1. The van der Waals surface area contributed by atoms with E-state index in [4.69, 9.17) is 10.3 Å². The summed E-state index contributed by atoms with van der Waals surface area (Å²) in [6, 6.07) is 13.9. The first-order valence-corrected chi connectivity index (χ1v) is 5.44. The van der Waals surface area contributed by atoms with Crippen molar-refractivity contribution >= 4 is 0 Å². The van der Waals surface area contributed by atoms with E-state index in [0.717, 1.165) is 23.5 Å². The third-order valence-corrected chi connectivity index (χ3v) is 2.61. The zero-order valence-electron chi connectivity index (χ0n) is 9.31. The number of nitrogens with two attached hydrogens (primary N) is 1. The largest absolute Gasteiger partial charge is 0.464 e. The van der Waals surface area contributed by atoms with Crippen molar-refractivity contribution in [3.63, 3.8) is 0 Å². The second-order valence-electron chi connectivity index (χ2n) is 3.67. The lowest BCUT2D eigenvalue weighted by atomic mass is 10.1. The van der Waals surface area contributed by atoms with E-state index in [1.807, 2.05) is 42.5 Å². The van der Waals surface area contributed by atoms with Crippen molar-refractivity contribution in [2.75, 3.05) is 0 Å². The lowest BCUT2D eigenvalue weighted by molar-refractivity contribution is 0.425. The van der Waals surface area contributed by atoms with E-state index in [1.165, 1.54) is 0 Å². The second kappa shape index (κ2) is 4.96. The molecule has 2 aromatic rings. The van der Waals surface area contributed by atoms with E-state index < -0.39 is 0 Å². The van der Waals surface area contributed by atoms with Gasteiger partial charge in [-0.1, -0.05) is 37.3 Å². The number of hydrogen-bond donors (Lipinski definition) is 2. The van der Waals surface area contributed by atoms with Gasteiger partial charge in [-0.05, 0) is 17.7 Å². The molecule has 84 valence electrons. The highest BCUT2D eigenvalue weighted by Crippen LogP contribution is 2.23. The van der Waals surface area contributed by atoms with Gasteiger partial charge in [-0.15, -0.1) is 0 Å². The summed E-state index contributed by atoms with van der Waals surface area (Å²) >= 11 is 0. The summed E-state index contributed by atoms with van der Waals surface area (Å²) in [6.07, 6.45) is 0.895. The van der Waals surface area contributed by atoms with Crippen LogP contribution in [0.4, 0.5) is 0 Å². The normalized spacial score (nSPS) is 12.6. The summed E-state index contributed by atoms with van der Waals surface area (Å²) in [5.74, 6) is 7.41. The molecule has 16 heavy (non-hydrogen) atoms. The molecule has 0 saturated carbocycles. The number of aryl methyl sites for hydroxylation is 1. The number of hydrazine groups is 1. The number of hydrogen-bond acceptors (Lipinski definition) is 3. The minimum atomic E-state index is -0.0819. The smallest absolute Gasteiger partial charge is 0.126 e. The Balaban J connectivity index is 2.29. The van der Waals surface area contributed by atoms with Crippen molar-refractivity contribution in [1.82, 2.24) is 5.43 Å². The van der Waals surface area contributed by atoms with Crippen molar-refractivity contribution in [2.24, 2.45) is 5.84 Å². The lowest BCUT2D eigenvalue weighted by Crippen LogP contribution is -2.28. The van der Waals surface area contributed by atoms with Crippen LogP contribution in [0.5, 0.6) is 0 Å². The molecule has 0 spiro atoms. The third-order valence-electron chi connectivity index (χ3n) is 2.61. The summed E-state index contributed by atoms with van der Waals surface area (Å²) in [5.41, 5.74) is 3.88. The molecular weight excluding hydrogens is 200 g/mol. The maximum Gasteiger partial charge on any atom is 0.126 e. The Labute approximate surface area is 95.2 Å². The van der Waals surface area contributed by atoms with Crippen molar-refractivity contribution < 1.29 is 4.42 Å². The fraction of sp³-hybridized carbons (Fsp3) is 0.231. The molecule has 2 rings (SSSR count). The molecule has 3 heteroatoms. The molecule has 3 N–H and O–H groups in total. The average molecular weight is 216 g/mol. The van der Waals surface area contributed by atoms with E-state index in [1.54, 1.807) is 0 Å². The molecule has 0 amide bonds. The molecule has 1 aromatic heterocycles. The van der Waals surface area contributed by atoms with E-state index in [2.05, 4.69) is 12.3 Å². The van der Waals surface area contributed by atoms with Gasteiger partial charge in [0.1, 0.15) is 17.6 Å². The first-order chi connectivity index (χ1) is 7.85. The van der Waals surface area contributed by atoms with Crippen LogP contribution in [0.3, 0.4) is 0 Å². The highest BCUT2D eigenvalue weighted by molar-refractivity contribution is 5.26. The molecule has 0 saturated heterocycles. The molecule has 0 aliphatic heterocycles. The van der Waals surface area contributed by atoms with Gasteiger partial charge in [0, 0.05) is 6.42 Å². The molecule has 1 aromatic carbocycles. The zero-order valence-corrected chi connectivity index (χ0v) is 9.31. The SMILES string of the molecule is CCc1ccc(C(NN)c2ccccc2)o1. The van der Waals surface area contributed by atoms with E-state index in [-0.39, 0.29) is 6.04 Å². The molecule has 0 fully saturated rings. The van der Waals surface area contributed by atoms with E-state index in [0.29, 0.717) is 0 Å². The molecule has 0 aliphatic rings. The maximum atomic E-state index is 5.70. The van der Waals surface area contributed by atoms with Crippen molar-refractivity contribution in [1.29, 1.82) is 0 Å². The topological polar surface area (TPSA) is 51.2 Å². The predicted octanol–water partition coefficient (Wildman–Crippen LogP) is 2.39. The Morgan fingerprint density at radius 3 is 2.50 bits per heavy atom. The Morgan fingerprint density at radius 2 is 1.94 bits per heavy atom. The van der Waals surface area contributed by atoms with Gasteiger partial charge in [0.25, 0.3) is 0 Å². The van der Waals surface area contributed by atoms with Gasteiger partial charge in [-0.2, -0.15) is 0 Å². The maximum absolute atomic E-state index is 5.70. The minimum absolute atomic E-state index is 0.0819. The molecule has 0 aliphatic carbocycles. The Bertz CT molecular complexity index is 436. The van der Waals surface area contributed by atoms with E-state index >= 15 is 0 Å². The Hall–Kier alpha value is -1.58. The van der Waals surface area contributed by atoms with Crippen LogP contribution in [0, 0.1) is 0 Å². The third kappa shape index (κ3) is 2.15. The van der Waals surface area contributed by atoms with Crippen LogP contribution >= 0.6 is 0 Å². The van der Waals surface area contributed by atoms with Gasteiger partial charge >= 0.3 is 0 Å². The predicted molar refractivity (Wildman–Crippen MR) is 63.7 cm³/mol. The minimum Gasteiger partial charge on any atom is -0.464 e. The summed E-state index contributed by atoms with van der Waals surface area (Å²) < 4.78 is 5.70. The second-order valence-corrected chi connectivity index (χ2v) is 3.67. The molecule has 1 unspecified atom stereocenters. The lowest BCUT2D eigenvalue weighted by Gasteiger charge is -2.13. The number of nitrogens with one attached hydrogen (secondary N) is 1. The first kappa shape index (κ1) is 10.9. The summed E-state index contributed by atoms with van der Waals surface area (Å²) in [4.78, 5) is 0. The monoisotopic (exact) mass is 216 g/mol. The van der Waals surface area contributed by atoms with Crippen LogP contribution in [-0.4, -0.2) is 0 Å². The standard InChI is InChI=1S/C13H16N2O/c1-2-11-8-9-12(16-11)13(15-14)10-6-4-3-5-7-10/h3-9,13,15H,2,14H2,1H3. The van der Waals surface area contributed by atoms with Gasteiger partial charge in [0.05, 0.1) is 0 Å². The molecule has 0 radical (unpaired) electrons. The van der Waals surface area contributed by atoms with Crippen LogP contribution in [0.25, 0.3) is 0 Å². The van der Waals surface area contributed by atoms with Crippen LogP contribution in [0.1, 0.15) is 30.0 Å². The summed E-state index contributed by atoms with van der Waals surface area (Å²) in [7, 11) is 0. The van der Waals surface area contributed by atoms with Gasteiger partial charge in [-0.25, -0.2) is 5.43 Å². The summed E-state index contributed by atoms with van der Waals surface area (Å²) in [5, 5.41) is 0. The van der Waals surface area contributed by atoms with Crippen LogP contribution < -0.4 is 11.3 Å². The van der Waals surface area contributed by atoms with Gasteiger partial charge in [-0.3, -0.25) is 5.84 Å². The van der Waals surface area contributed by atoms with Crippen molar-refractivity contribution in [3.8, 4) is 0 Å². The molecular formula is C13H16N2O. The fourth-order valence-electron chi connectivity index (χ4n) is 1.73. The summed E-state index contributed by atoms with van der Waals surface area (Å²) in [6.45, 7) is 2.07. The average Bonchev–Trinajstić information content (AvgIpc) is 2.80. The fourth-order valence-corrected chi connectivity index (χ4v) is 1.73. The highest BCUT2D eigenvalue weighted by Gasteiger charge is 2.15. The quantitative estimate of drug-likeness (QED) is 0.609. The molecule has 1 atom stereocenters. The van der Waals surface area contributed by atoms with Gasteiger partial charge in [0.15, 0.2) is 0 Å². The zero-order chi connectivity index (χ0) is 11.4. The van der Waals surface area contributed by atoms with Crippen molar-refractivity contribution in [3.05, 3.63) is 59.5 Å². The molecule has 3 nitrogen and oxygen atoms in total. The first-order valence-electron chi connectivity index (χ1n) is 5.44. The van der Waals surface area contributed by atoms with Crippen LogP contribution in [0.2, 0.25) is 0 Å². The number of rotatable bonds is 4. The van der Waals surface area contributed by atoms with Crippen LogP contribution in [0.15, 0.2) is 46.9 Å². The highest BCUT2D eigenvalue weighted by atomic mass is 16.3. The molecule has 1 heterocycles. The van der Waals surface area contributed by atoms with Gasteiger partial charge in [0.2, 0.25) is 0 Å². The van der Waals surface area contributed by atoms with Crippen molar-refractivity contribution in [2.45, 2.75) is 19.4 Å². The van der Waals surface area contributed by atoms with Gasteiger partial charge < -0.3 is 4.42 Å². The van der Waals surface area contributed by atoms with E-state index in [9.17, 15) is 0 Å². The van der Waals surface area contributed by atoms with Crippen LogP contribution in [-0.2, 0) is 6.42 Å².